The number of carboxylic acid groups (broad SMARTS) is 1. The summed E-state index contributed by atoms with van der Waals surface area (Å²) in [6.45, 7) is 7.60. The van der Waals surface area contributed by atoms with Crippen LogP contribution in [0.15, 0.2) is 59.1 Å². The van der Waals surface area contributed by atoms with E-state index in [-0.39, 0.29) is 24.2 Å². The van der Waals surface area contributed by atoms with Gasteiger partial charge in [0.25, 0.3) is 0 Å². The van der Waals surface area contributed by atoms with Crippen LogP contribution in [0.3, 0.4) is 0 Å². The van der Waals surface area contributed by atoms with Gasteiger partial charge in [0.05, 0.1) is 26.2 Å². The zero-order valence-electron chi connectivity index (χ0n) is 27.2. The van der Waals surface area contributed by atoms with E-state index >= 15 is 0 Å². The van der Waals surface area contributed by atoms with Gasteiger partial charge in [0.1, 0.15) is 29.4 Å². The molecule has 254 valence electrons. The predicted molar refractivity (Wildman–Crippen MR) is 189 cm³/mol. The number of ether oxygens (including phenoxy) is 2. The number of amides is 1. The quantitative estimate of drug-likeness (QED) is 0.189. The Balaban J connectivity index is 1.17. The van der Waals surface area contributed by atoms with E-state index in [2.05, 4.69) is 17.0 Å². The van der Waals surface area contributed by atoms with Crippen LogP contribution in [-0.2, 0) is 11.3 Å². The molecular formula is C37H34Cl3N3O6. The van der Waals surface area contributed by atoms with Crippen molar-refractivity contribution in [3.8, 4) is 28.8 Å². The molecule has 0 atom stereocenters. The number of carboxylic acids is 1. The minimum Gasteiger partial charge on any atom is -0.489 e. The third-order valence-corrected chi connectivity index (χ3v) is 9.04. The van der Waals surface area contributed by atoms with Crippen molar-refractivity contribution in [2.75, 3.05) is 31.1 Å². The lowest BCUT2D eigenvalue weighted by molar-refractivity contribution is 0.0240. The molecule has 2 aliphatic rings. The Hall–Kier alpha value is -4.36. The first-order valence-electron chi connectivity index (χ1n) is 15.8. The zero-order valence-corrected chi connectivity index (χ0v) is 29.5. The lowest BCUT2D eigenvalue weighted by Crippen LogP contribution is -2.50. The van der Waals surface area contributed by atoms with Gasteiger partial charge in [0.2, 0.25) is 0 Å². The summed E-state index contributed by atoms with van der Waals surface area (Å²) >= 11 is 19.6. The Morgan fingerprint density at radius 3 is 2.31 bits per heavy atom. The minimum absolute atomic E-state index is 0.114. The minimum atomic E-state index is -1.06. The van der Waals surface area contributed by atoms with Gasteiger partial charge < -0.3 is 28.9 Å². The average molecular weight is 723 g/mol. The molecule has 1 aliphatic carbocycles. The van der Waals surface area contributed by atoms with Crippen LogP contribution in [0.1, 0.15) is 72.3 Å². The van der Waals surface area contributed by atoms with Crippen LogP contribution >= 0.6 is 34.8 Å². The number of carbonyl (C=O) groups excluding carboxylic acids is 1. The van der Waals surface area contributed by atoms with Gasteiger partial charge in [-0.2, -0.15) is 0 Å². The second-order valence-electron chi connectivity index (χ2n) is 13.0. The number of rotatable bonds is 7. The lowest BCUT2D eigenvalue weighted by atomic mass is 10.0. The van der Waals surface area contributed by atoms with Crippen LogP contribution in [-0.4, -0.2) is 59.0 Å². The van der Waals surface area contributed by atoms with Crippen molar-refractivity contribution in [3.05, 3.63) is 97.7 Å². The highest BCUT2D eigenvalue weighted by molar-refractivity contribution is 6.39. The molecule has 12 heteroatoms. The van der Waals surface area contributed by atoms with Crippen molar-refractivity contribution >= 4 is 52.6 Å². The van der Waals surface area contributed by atoms with Crippen LogP contribution in [0.4, 0.5) is 10.5 Å². The molecule has 1 aromatic heterocycles. The topological polar surface area (TPSA) is 105 Å². The van der Waals surface area contributed by atoms with Crippen molar-refractivity contribution in [1.29, 1.82) is 0 Å². The summed E-state index contributed by atoms with van der Waals surface area (Å²) < 4.78 is 17.4. The van der Waals surface area contributed by atoms with E-state index in [1.54, 1.807) is 47.4 Å². The first kappa shape index (κ1) is 34.5. The van der Waals surface area contributed by atoms with Crippen molar-refractivity contribution in [2.45, 2.75) is 51.7 Å². The van der Waals surface area contributed by atoms with Gasteiger partial charge in [0, 0.05) is 60.5 Å². The van der Waals surface area contributed by atoms with E-state index in [1.165, 1.54) is 6.07 Å². The molecule has 0 spiro atoms. The Morgan fingerprint density at radius 1 is 0.959 bits per heavy atom. The Morgan fingerprint density at radius 2 is 1.67 bits per heavy atom. The van der Waals surface area contributed by atoms with E-state index < -0.39 is 11.6 Å². The number of halogens is 3. The van der Waals surface area contributed by atoms with Gasteiger partial charge >= 0.3 is 12.1 Å². The molecule has 6 rings (SSSR count). The van der Waals surface area contributed by atoms with Crippen molar-refractivity contribution in [2.24, 2.45) is 0 Å². The molecule has 2 heterocycles. The van der Waals surface area contributed by atoms with Crippen molar-refractivity contribution in [1.82, 2.24) is 10.1 Å². The third kappa shape index (κ3) is 8.27. The van der Waals surface area contributed by atoms with Gasteiger partial charge in [-0.25, -0.2) is 9.59 Å². The fourth-order valence-corrected chi connectivity index (χ4v) is 6.29. The predicted octanol–water partition coefficient (Wildman–Crippen LogP) is 8.91. The number of anilines is 1. The van der Waals surface area contributed by atoms with Crippen molar-refractivity contribution < 1.29 is 28.7 Å². The molecule has 1 saturated heterocycles. The molecule has 0 unspecified atom stereocenters. The Labute approximate surface area is 299 Å². The molecule has 9 nitrogen and oxygen atoms in total. The van der Waals surface area contributed by atoms with Crippen LogP contribution < -0.4 is 9.64 Å². The molecular weight excluding hydrogens is 689 g/mol. The number of aromatic carboxylic acids is 1. The maximum atomic E-state index is 12.5. The second kappa shape index (κ2) is 14.2. The fraction of sp³-hybridized carbons (Fsp3) is 0.324. The SMILES string of the molecule is CC(C)(C)OC(=O)N1CCN(c2cc(C#Cc3ccc(OCc4c(-c5c(Cl)cccc5Cl)noc4C4CC4)cc3Cl)cc(C(=O)O)c2)CC1. The lowest BCUT2D eigenvalue weighted by Gasteiger charge is -2.36. The van der Waals surface area contributed by atoms with Crippen LogP contribution in [0.5, 0.6) is 5.75 Å². The van der Waals surface area contributed by atoms with E-state index in [0.717, 1.165) is 24.2 Å². The number of benzene rings is 3. The highest BCUT2D eigenvalue weighted by Crippen LogP contribution is 2.46. The number of hydrogen-bond acceptors (Lipinski definition) is 7. The van der Waals surface area contributed by atoms with Gasteiger partial charge in [-0.3, -0.25) is 0 Å². The normalized spacial score (nSPS) is 14.7. The number of nitrogens with zero attached hydrogens (tertiary/aromatic N) is 3. The van der Waals surface area contributed by atoms with E-state index in [4.69, 9.17) is 48.8 Å². The maximum Gasteiger partial charge on any atom is 0.410 e. The summed E-state index contributed by atoms with van der Waals surface area (Å²) in [4.78, 5) is 28.2. The highest BCUT2D eigenvalue weighted by atomic mass is 35.5. The average Bonchev–Trinajstić information content (AvgIpc) is 3.82. The fourth-order valence-electron chi connectivity index (χ4n) is 5.49. The van der Waals surface area contributed by atoms with E-state index in [1.807, 2.05) is 31.7 Å². The number of aromatic nitrogens is 1. The largest absolute Gasteiger partial charge is 0.489 e. The van der Waals surface area contributed by atoms with E-state index in [0.29, 0.717) is 75.1 Å². The molecule has 0 radical (unpaired) electrons. The number of hydrogen-bond donors (Lipinski definition) is 1. The van der Waals surface area contributed by atoms with Crippen molar-refractivity contribution in [3.63, 3.8) is 0 Å². The monoisotopic (exact) mass is 721 g/mol. The third-order valence-electron chi connectivity index (χ3n) is 8.09. The summed E-state index contributed by atoms with van der Waals surface area (Å²) in [5.74, 6) is 6.65. The van der Waals surface area contributed by atoms with Gasteiger partial charge in [-0.15, -0.1) is 0 Å². The first-order valence-corrected chi connectivity index (χ1v) is 17.0. The second-order valence-corrected chi connectivity index (χ2v) is 14.2. The Kier molecular flexibility index (Phi) is 10.0. The molecule has 0 bridgehead atoms. The van der Waals surface area contributed by atoms with Gasteiger partial charge in [-0.1, -0.05) is 57.9 Å². The maximum absolute atomic E-state index is 12.5. The number of carbonyl (C=O) groups is 2. The standard InChI is InChI=1S/C37H34Cl3N3O6/c1-37(2,3)48-36(46)43-15-13-42(14-16-43)26-18-22(17-25(19-26)35(44)45)7-8-23-11-12-27(20-31(23)40)47-21-28-33(41-49-34(28)24-9-10-24)32-29(38)5-4-6-30(32)39/h4-6,11-12,17-20,24H,9-10,13-16,21H2,1-3H3,(H,44,45). The summed E-state index contributed by atoms with van der Waals surface area (Å²) in [5, 5.41) is 15.4. The summed E-state index contributed by atoms with van der Waals surface area (Å²) in [6, 6.07) is 15.5. The summed E-state index contributed by atoms with van der Waals surface area (Å²) in [7, 11) is 0. The molecule has 3 aromatic carbocycles. The molecule has 1 saturated carbocycles. The molecule has 49 heavy (non-hydrogen) atoms. The summed E-state index contributed by atoms with van der Waals surface area (Å²) in [6.07, 6.45) is 1.66. The van der Waals surface area contributed by atoms with Crippen LogP contribution in [0.25, 0.3) is 11.3 Å². The van der Waals surface area contributed by atoms with Crippen LogP contribution in [0, 0.1) is 11.8 Å². The molecule has 2 fully saturated rings. The summed E-state index contributed by atoms with van der Waals surface area (Å²) in [5.41, 5.74) is 3.25. The Bertz CT molecular complexity index is 1940. The molecule has 1 aliphatic heterocycles. The number of piperazine rings is 1. The van der Waals surface area contributed by atoms with Crippen LogP contribution in [0.2, 0.25) is 15.1 Å². The smallest absolute Gasteiger partial charge is 0.410 e. The van der Waals surface area contributed by atoms with Gasteiger partial charge in [-0.05, 0) is 76.1 Å². The van der Waals surface area contributed by atoms with Gasteiger partial charge in [0.15, 0.2) is 0 Å². The molecule has 1 N–H and O–H groups in total. The molecule has 1 amide bonds. The first-order chi connectivity index (χ1) is 23.4. The zero-order chi connectivity index (χ0) is 34.9. The molecule has 4 aromatic rings. The highest BCUT2D eigenvalue weighted by Gasteiger charge is 2.34. The van der Waals surface area contributed by atoms with E-state index in [9.17, 15) is 14.7 Å².